The minimum Gasteiger partial charge on any atom is -0.273 e. The Bertz CT molecular complexity index is 881. The maximum absolute atomic E-state index is 12.6. The second-order valence-corrected chi connectivity index (χ2v) is 5.59. The topological polar surface area (TPSA) is 66.5 Å². The molecule has 2 aromatic carbocycles. The van der Waals surface area contributed by atoms with Crippen LogP contribution in [0.15, 0.2) is 72.3 Å². The summed E-state index contributed by atoms with van der Waals surface area (Å²) in [6.45, 7) is 1.91. The van der Waals surface area contributed by atoms with E-state index in [4.69, 9.17) is 0 Å². The molecule has 0 unspecified atom stereocenters. The molecule has 0 radical (unpaired) electrons. The number of nitrogens with zero attached hydrogens (tertiary/aromatic N) is 1. The van der Waals surface area contributed by atoms with Gasteiger partial charge in [-0.2, -0.15) is 0 Å². The van der Waals surface area contributed by atoms with Crippen LogP contribution in [0, 0.1) is 6.92 Å². The van der Waals surface area contributed by atoms with Crippen LogP contribution in [0.2, 0.25) is 0 Å². The van der Waals surface area contributed by atoms with E-state index in [0.29, 0.717) is 5.69 Å². The number of aryl methyl sites for hydroxylation is 1. The summed E-state index contributed by atoms with van der Waals surface area (Å²) < 4.78 is 0. The Kier molecular flexibility index (Phi) is 4.57. The Morgan fingerprint density at radius 1 is 0.920 bits per heavy atom. The van der Waals surface area contributed by atoms with E-state index in [1.165, 1.54) is 6.08 Å². The highest BCUT2D eigenvalue weighted by Gasteiger charge is 2.36. The Hall–Kier alpha value is -3.47. The van der Waals surface area contributed by atoms with Crippen molar-refractivity contribution in [3.05, 3.63) is 83.4 Å². The van der Waals surface area contributed by atoms with Crippen molar-refractivity contribution in [2.24, 2.45) is 0 Å². The summed E-state index contributed by atoms with van der Waals surface area (Å²) in [5.74, 6) is -1.34. The van der Waals surface area contributed by atoms with Crippen LogP contribution in [0.4, 0.5) is 10.5 Å². The molecule has 5 heteroatoms. The Balaban J connectivity index is 1.88. The van der Waals surface area contributed by atoms with E-state index in [9.17, 15) is 14.4 Å². The van der Waals surface area contributed by atoms with Crippen LogP contribution in [0.3, 0.4) is 0 Å². The van der Waals surface area contributed by atoms with Gasteiger partial charge in [-0.3, -0.25) is 14.9 Å². The molecule has 0 aliphatic carbocycles. The smallest absolute Gasteiger partial charge is 0.273 e. The summed E-state index contributed by atoms with van der Waals surface area (Å²) in [6, 6.07) is 15.7. The summed E-state index contributed by atoms with van der Waals surface area (Å²) in [5.41, 5.74) is 2.27. The minimum absolute atomic E-state index is 0.0904. The second-order valence-electron chi connectivity index (χ2n) is 5.59. The molecule has 25 heavy (non-hydrogen) atoms. The summed E-state index contributed by atoms with van der Waals surface area (Å²) in [7, 11) is 0. The first-order valence-electron chi connectivity index (χ1n) is 7.76. The number of allylic oxidation sites excluding steroid dienone is 2. The lowest BCUT2D eigenvalue weighted by Crippen LogP contribution is -2.54. The summed E-state index contributed by atoms with van der Waals surface area (Å²) in [5, 5.41) is 2.20. The molecule has 1 N–H and O–H groups in total. The van der Waals surface area contributed by atoms with Crippen LogP contribution in [-0.2, 0) is 9.59 Å². The van der Waals surface area contributed by atoms with Gasteiger partial charge in [-0.05, 0) is 30.7 Å². The zero-order valence-corrected chi connectivity index (χ0v) is 13.6. The molecule has 0 bridgehead atoms. The second kappa shape index (κ2) is 6.97. The number of barbiturate groups is 1. The van der Waals surface area contributed by atoms with Gasteiger partial charge >= 0.3 is 6.03 Å². The van der Waals surface area contributed by atoms with Crippen molar-refractivity contribution in [2.45, 2.75) is 6.92 Å². The lowest BCUT2D eigenvalue weighted by molar-refractivity contribution is -0.122. The first kappa shape index (κ1) is 16.4. The molecule has 1 aliphatic heterocycles. The molecule has 1 aliphatic rings. The average Bonchev–Trinajstić information content (AvgIpc) is 2.60. The third kappa shape index (κ3) is 3.55. The minimum atomic E-state index is -0.747. The standard InChI is InChI=1S/C20H16N2O3/c1-14-10-12-16(13-11-14)22-19(24)17(18(23)21-20(22)25)9-5-8-15-6-3-2-4-7-15/h2-13H,1H3,(H,21,23,25)/b8-5-,17-9-. The van der Waals surface area contributed by atoms with Crippen molar-refractivity contribution in [2.75, 3.05) is 4.90 Å². The zero-order chi connectivity index (χ0) is 17.8. The molecule has 1 fully saturated rings. The molecule has 1 heterocycles. The van der Waals surface area contributed by atoms with Gasteiger partial charge in [-0.25, -0.2) is 9.69 Å². The highest BCUT2D eigenvalue weighted by molar-refractivity contribution is 6.37. The van der Waals surface area contributed by atoms with E-state index in [1.54, 1.807) is 36.4 Å². The van der Waals surface area contributed by atoms with E-state index < -0.39 is 17.8 Å². The van der Waals surface area contributed by atoms with Gasteiger partial charge in [-0.15, -0.1) is 0 Å². The molecular weight excluding hydrogens is 316 g/mol. The van der Waals surface area contributed by atoms with Gasteiger partial charge in [-0.1, -0.05) is 60.2 Å². The number of hydrogen-bond acceptors (Lipinski definition) is 3. The van der Waals surface area contributed by atoms with E-state index in [0.717, 1.165) is 16.0 Å². The lowest BCUT2D eigenvalue weighted by Gasteiger charge is -2.26. The largest absolute Gasteiger partial charge is 0.335 e. The van der Waals surface area contributed by atoms with E-state index in [-0.39, 0.29) is 5.57 Å². The number of benzene rings is 2. The molecule has 2 aromatic rings. The summed E-state index contributed by atoms with van der Waals surface area (Å²) in [6.07, 6.45) is 4.81. The van der Waals surface area contributed by atoms with E-state index in [2.05, 4.69) is 5.32 Å². The SMILES string of the molecule is Cc1ccc(N2C(=O)NC(=O)/C(=C/C=C\c3ccccc3)C2=O)cc1. The van der Waals surface area contributed by atoms with Gasteiger partial charge in [0.1, 0.15) is 5.57 Å². The van der Waals surface area contributed by atoms with Gasteiger partial charge in [0.05, 0.1) is 5.69 Å². The van der Waals surface area contributed by atoms with Crippen LogP contribution in [0.25, 0.3) is 6.08 Å². The zero-order valence-electron chi connectivity index (χ0n) is 13.6. The van der Waals surface area contributed by atoms with Gasteiger partial charge in [0.15, 0.2) is 0 Å². The summed E-state index contributed by atoms with van der Waals surface area (Å²) in [4.78, 5) is 37.7. The maximum atomic E-state index is 12.6. The van der Waals surface area contributed by atoms with Crippen molar-refractivity contribution in [1.82, 2.24) is 5.32 Å². The van der Waals surface area contributed by atoms with Crippen LogP contribution in [0.1, 0.15) is 11.1 Å². The first-order chi connectivity index (χ1) is 12.1. The molecule has 0 spiro atoms. The molecule has 124 valence electrons. The van der Waals surface area contributed by atoms with Gasteiger partial charge < -0.3 is 0 Å². The van der Waals surface area contributed by atoms with Crippen molar-refractivity contribution in [1.29, 1.82) is 0 Å². The molecular formula is C20H16N2O3. The molecule has 0 aromatic heterocycles. The number of urea groups is 1. The average molecular weight is 332 g/mol. The fourth-order valence-corrected chi connectivity index (χ4v) is 2.43. The fourth-order valence-electron chi connectivity index (χ4n) is 2.43. The molecule has 0 atom stereocenters. The number of rotatable bonds is 3. The van der Waals surface area contributed by atoms with Crippen molar-refractivity contribution in [3.8, 4) is 0 Å². The van der Waals surface area contributed by atoms with Crippen LogP contribution in [-0.4, -0.2) is 17.8 Å². The molecule has 1 saturated heterocycles. The van der Waals surface area contributed by atoms with Crippen LogP contribution < -0.4 is 10.2 Å². The third-order valence-corrected chi connectivity index (χ3v) is 3.74. The first-order valence-corrected chi connectivity index (χ1v) is 7.76. The molecule has 5 nitrogen and oxygen atoms in total. The maximum Gasteiger partial charge on any atom is 0.335 e. The van der Waals surface area contributed by atoms with E-state index in [1.807, 2.05) is 37.3 Å². The lowest BCUT2D eigenvalue weighted by atomic mass is 10.1. The summed E-state index contributed by atoms with van der Waals surface area (Å²) >= 11 is 0. The van der Waals surface area contributed by atoms with Gasteiger partial charge in [0.2, 0.25) is 0 Å². The Labute approximate surface area is 145 Å². The van der Waals surface area contributed by atoms with Crippen LogP contribution >= 0.6 is 0 Å². The predicted molar refractivity (Wildman–Crippen MR) is 95.8 cm³/mol. The predicted octanol–water partition coefficient (Wildman–Crippen LogP) is 3.22. The number of carbonyl (C=O) groups excluding carboxylic acids is 3. The van der Waals surface area contributed by atoms with E-state index >= 15 is 0 Å². The Morgan fingerprint density at radius 2 is 1.60 bits per heavy atom. The van der Waals surface area contributed by atoms with Gasteiger partial charge in [0.25, 0.3) is 11.8 Å². The number of anilines is 1. The number of nitrogens with one attached hydrogen (secondary N) is 1. The number of hydrogen-bond donors (Lipinski definition) is 1. The normalized spacial score (nSPS) is 16.6. The van der Waals surface area contributed by atoms with Crippen molar-refractivity contribution < 1.29 is 14.4 Å². The van der Waals surface area contributed by atoms with Crippen LogP contribution in [0.5, 0.6) is 0 Å². The molecule has 0 saturated carbocycles. The van der Waals surface area contributed by atoms with Gasteiger partial charge in [0, 0.05) is 0 Å². The van der Waals surface area contributed by atoms with Crippen molar-refractivity contribution in [3.63, 3.8) is 0 Å². The number of amides is 4. The number of imide groups is 2. The highest BCUT2D eigenvalue weighted by Crippen LogP contribution is 2.21. The van der Waals surface area contributed by atoms with Crippen molar-refractivity contribution >= 4 is 29.6 Å². The molecule has 3 rings (SSSR count). The third-order valence-electron chi connectivity index (χ3n) is 3.74. The monoisotopic (exact) mass is 332 g/mol. The number of carbonyl (C=O) groups is 3. The molecule has 4 amide bonds. The Morgan fingerprint density at radius 3 is 2.28 bits per heavy atom. The fraction of sp³-hybridized carbons (Fsp3) is 0.0500. The highest BCUT2D eigenvalue weighted by atomic mass is 16.2. The quantitative estimate of drug-likeness (QED) is 0.693.